The first-order chi connectivity index (χ1) is 13.0. The fraction of sp³-hybridized carbons (Fsp3) is 0.263. The number of carbonyl (C=O) groups excluding carboxylic acids is 1. The van der Waals surface area contributed by atoms with Gasteiger partial charge in [0.2, 0.25) is 0 Å². The second-order valence-electron chi connectivity index (χ2n) is 5.82. The van der Waals surface area contributed by atoms with E-state index in [0.717, 1.165) is 10.2 Å². The van der Waals surface area contributed by atoms with Gasteiger partial charge in [0, 0.05) is 24.8 Å². The van der Waals surface area contributed by atoms with Gasteiger partial charge in [-0.05, 0) is 32.0 Å². The van der Waals surface area contributed by atoms with Crippen LogP contribution in [0.3, 0.4) is 0 Å². The fourth-order valence-corrected chi connectivity index (χ4v) is 3.88. The molecule has 2 aromatic carbocycles. The summed E-state index contributed by atoms with van der Waals surface area (Å²) in [5, 5.41) is 11.1. The number of amides is 1. The highest BCUT2D eigenvalue weighted by molar-refractivity contribution is 7.16. The third-order valence-corrected chi connectivity index (χ3v) is 5.24. The Kier molecular flexibility index (Phi) is 5.78. The maximum Gasteiger partial charge on any atom is 0.280 e. The predicted molar refractivity (Wildman–Crippen MR) is 104 cm³/mol. The molecule has 0 spiro atoms. The number of hydrogen-bond acceptors (Lipinski definition) is 5. The molecule has 0 radical (unpaired) electrons. The number of ether oxygens (including phenoxy) is 1. The number of nitrogens with zero attached hydrogens (tertiary/aromatic N) is 3. The monoisotopic (exact) mass is 385 g/mol. The van der Waals surface area contributed by atoms with Crippen LogP contribution in [-0.2, 0) is 11.3 Å². The summed E-state index contributed by atoms with van der Waals surface area (Å²) in [6.07, 6.45) is 0. The van der Waals surface area contributed by atoms with Crippen molar-refractivity contribution in [1.29, 1.82) is 0 Å². The van der Waals surface area contributed by atoms with E-state index >= 15 is 0 Å². The van der Waals surface area contributed by atoms with E-state index in [1.807, 2.05) is 35.8 Å². The van der Waals surface area contributed by atoms with Crippen molar-refractivity contribution in [2.75, 3.05) is 13.2 Å². The topological polar surface area (TPSA) is 86.7 Å². The van der Waals surface area contributed by atoms with E-state index in [9.17, 15) is 14.9 Å². The van der Waals surface area contributed by atoms with Gasteiger partial charge in [-0.3, -0.25) is 14.9 Å². The van der Waals surface area contributed by atoms with Gasteiger partial charge in [0.1, 0.15) is 0 Å². The van der Waals surface area contributed by atoms with Gasteiger partial charge in [-0.15, -0.1) is 0 Å². The highest BCUT2D eigenvalue weighted by atomic mass is 32.1. The largest absolute Gasteiger partial charge is 0.380 e. The van der Waals surface area contributed by atoms with Crippen LogP contribution < -0.4 is 4.80 Å². The summed E-state index contributed by atoms with van der Waals surface area (Å²) in [6.45, 7) is 5.18. The Morgan fingerprint density at radius 2 is 2.04 bits per heavy atom. The standard InChI is InChI=1S/C19H19N3O4S/c1-3-26-12-11-21-16-8-4-5-10-17(16)27-19(21)20-18(23)14-7-6-9-15(13(14)2)22(24)25/h4-10H,3,11-12H2,1-2H3. The van der Waals surface area contributed by atoms with Crippen LogP contribution in [0.4, 0.5) is 5.69 Å². The summed E-state index contributed by atoms with van der Waals surface area (Å²) in [4.78, 5) is 28.2. The number of hydrogen-bond donors (Lipinski definition) is 0. The SMILES string of the molecule is CCOCCn1c(=NC(=O)c2cccc([N+](=O)[O-])c2C)sc2ccccc21. The predicted octanol–water partition coefficient (Wildman–Crippen LogP) is 3.70. The van der Waals surface area contributed by atoms with Crippen LogP contribution in [0.1, 0.15) is 22.8 Å². The third-order valence-electron chi connectivity index (χ3n) is 4.18. The smallest absolute Gasteiger partial charge is 0.280 e. The molecule has 0 aliphatic rings. The van der Waals surface area contributed by atoms with Gasteiger partial charge in [0.15, 0.2) is 4.80 Å². The third kappa shape index (κ3) is 3.96. The Morgan fingerprint density at radius 1 is 1.26 bits per heavy atom. The molecule has 3 rings (SSSR count). The van der Waals surface area contributed by atoms with Gasteiger partial charge in [0.05, 0.1) is 27.3 Å². The van der Waals surface area contributed by atoms with Crippen molar-refractivity contribution in [3.05, 3.63) is 68.5 Å². The number of para-hydroxylation sites is 1. The molecule has 140 valence electrons. The van der Waals surface area contributed by atoms with Crippen molar-refractivity contribution in [2.45, 2.75) is 20.4 Å². The Balaban J connectivity index is 2.07. The summed E-state index contributed by atoms with van der Waals surface area (Å²) < 4.78 is 8.40. The van der Waals surface area contributed by atoms with Crippen molar-refractivity contribution >= 4 is 33.1 Å². The van der Waals surface area contributed by atoms with Crippen molar-refractivity contribution in [3.63, 3.8) is 0 Å². The Hall–Kier alpha value is -2.84. The van der Waals surface area contributed by atoms with Crippen LogP contribution in [-0.4, -0.2) is 28.6 Å². The van der Waals surface area contributed by atoms with E-state index in [0.29, 0.717) is 30.1 Å². The molecule has 0 bridgehead atoms. The number of aromatic nitrogens is 1. The normalized spacial score (nSPS) is 11.9. The number of thiazole rings is 1. The molecule has 27 heavy (non-hydrogen) atoms. The molecular formula is C19H19N3O4S. The molecule has 0 unspecified atom stereocenters. The molecule has 8 heteroatoms. The lowest BCUT2D eigenvalue weighted by Gasteiger charge is -2.05. The van der Waals surface area contributed by atoms with Crippen molar-refractivity contribution < 1.29 is 14.5 Å². The fourth-order valence-electron chi connectivity index (χ4n) is 2.82. The molecule has 0 aliphatic carbocycles. The number of carbonyl (C=O) groups is 1. The van der Waals surface area contributed by atoms with Gasteiger partial charge in [0.25, 0.3) is 11.6 Å². The number of fused-ring (bicyclic) bond motifs is 1. The zero-order chi connectivity index (χ0) is 19.4. The first-order valence-corrected chi connectivity index (χ1v) is 9.33. The average molecular weight is 385 g/mol. The summed E-state index contributed by atoms with van der Waals surface area (Å²) in [7, 11) is 0. The molecule has 1 aromatic heterocycles. The average Bonchev–Trinajstić information content (AvgIpc) is 2.99. The second-order valence-corrected chi connectivity index (χ2v) is 6.83. The van der Waals surface area contributed by atoms with E-state index in [-0.39, 0.29) is 11.3 Å². The maximum absolute atomic E-state index is 12.7. The Morgan fingerprint density at radius 3 is 2.78 bits per heavy atom. The van der Waals surface area contributed by atoms with E-state index in [1.165, 1.54) is 23.5 Å². The summed E-state index contributed by atoms with van der Waals surface area (Å²) >= 11 is 1.41. The van der Waals surface area contributed by atoms with Gasteiger partial charge in [-0.25, -0.2) is 0 Å². The molecule has 0 fully saturated rings. The van der Waals surface area contributed by atoms with Crippen LogP contribution >= 0.6 is 11.3 Å². The van der Waals surface area contributed by atoms with E-state index in [4.69, 9.17) is 4.74 Å². The highest BCUT2D eigenvalue weighted by Gasteiger charge is 2.18. The van der Waals surface area contributed by atoms with Crippen molar-refractivity contribution in [1.82, 2.24) is 4.57 Å². The maximum atomic E-state index is 12.7. The molecule has 0 aliphatic heterocycles. The van der Waals surface area contributed by atoms with E-state index in [2.05, 4.69) is 4.99 Å². The lowest BCUT2D eigenvalue weighted by atomic mass is 10.1. The molecule has 0 saturated carbocycles. The Bertz CT molecular complexity index is 1070. The lowest BCUT2D eigenvalue weighted by molar-refractivity contribution is -0.385. The first-order valence-electron chi connectivity index (χ1n) is 8.52. The second kappa shape index (κ2) is 8.24. The van der Waals surface area contributed by atoms with Crippen LogP contribution in [0.5, 0.6) is 0 Å². The molecule has 3 aromatic rings. The minimum atomic E-state index is -0.493. The summed E-state index contributed by atoms with van der Waals surface area (Å²) in [5.74, 6) is -0.493. The molecule has 0 N–H and O–H groups in total. The van der Waals surface area contributed by atoms with Gasteiger partial charge < -0.3 is 9.30 Å². The number of nitro benzene ring substituents is 1. The minimum absolute atomic E-state index is 0.0865. The molecule has 0 atom stereocenters. The molecule has 1 heterocycles. The summed E-state index contributed by atoms with van der Waals surface area (Å²) in [5.41, 5.74) is 1.44. The van der Waals surface area contributed by atoms with E-state index < -0.39 is 10.8 Å². The van der Waals surface area contributed by atoms with Gasteiger partial charge in [-0.2, -0.15) is 4.99 Å². The number of benzene rings is 2. The molecule has 1 amide bonds. The minimum Gasteiger partial charge on any atom is -0.380 e. The van der Waals surface area contributed by atoms with Crippen molar-refractivity contribution in [2.24, 2.45) is 4.99 Å². The van der Waals surface area contributed by atoms with Crippen LogP contribution in [0.2, 0.25) is 0 Å². The van der Waals surface area contributed by atoms with Crippen LogP contribution in [0.15, 0.2) is 47.5 Å². The quantitative estimate of drug-likeness (QED) is 0.368. The lowest BCUT2D eigenvalue weighted by Crippen LogP contribution is -2.20. The van der Waals surface area contributed by atoms with E-state index in [1.54, 1.807) is 13.0 Å². The molecule has 7 nitrogen and oxygen atoms in total. The zero-order valence-corrected chi connectivity index (χ0v) is 15.9. The van der Waals surface area contributed by atoms with Gasteiger partial charge >= 0.3 is 0 Å². The number of nitro groups is 1. The summed E-state index contributed by atoms with van der Waals surface area (Å²) in [6, 6.07) is 12.3. The molecule has 0 saturated heterocycles. The Labute approximate surface area is 159 Å². The molecular weight excluding hydrogens is 366 g/mol. The number of rotatable bonds is 6. The first kappa shape index (κ1) is 18.9. The highest BCUT2D eigenvalue weighted by Crippen LogP contribution is 2.22. The van der Waals surface area contributed by atoms with Crippen molar-refractivity contribution in [3.8, 4) is 0 Å². The van der Waals surface area contributed by atoms with Gasteiger partial charge in [-0.1, -0.05) is 29.5 Å². The van der Waals surface area contributed by atoms with Crippen LogP contribution in [0.25, 0.3) is 10.2 Å². The van der Waals surface area contributed by atoms with Crippen LogP contribution in [0, 0.1) is 17.0 Å². The zero-order valence-electron chi connectivity index (χ0n) is 15.0.